The molecule has 0 fully saturated rings. The number of aryl methyl sites for hydroxylation is 1. The Hall–Kier alpha value is -7.21. The minimum Gasteiger partial charge on any atom is -0.467 e. The highest BCUT2D eigenvalue weighted by Crippen LogP contribution is 2.44. The molecule has 0 saturated heterocycles. The maximum absolute atomic E-state index is 13.8. The van der Waals surface area contributed by atoms with E-state index < -0.39 is 35.8 Å². The summed E-state index contributed by atoms with van der Waals surface area (Å²) in [6.45, 7) is 4.49. The number of hydrogen-bond donors (Lipinski definition) is 0. The van der Waals surface area contributed by atoms with Crippen LogP contribution < -0.4 is 0 Å². The Morgan fingerprint density at radius 3 is 1.97 bits per heavy atom. The van der Waals surface area contributed by atoms with E-state index in [1.54, 1.807) is 6.92 Å². The normalized spacial score (nSPS) is 13.7. The molecule has 1 amide bonds. The molecule has 0 spiro atoms. The Labute approximate surface area is 361 Å². The maximum Gasteiger partial charge on any atom is 0.334 e. The van der Waals surface area contributed by atoms with Crippen molar-refractivity contribution in [3.8, 4) is 22.5 Å². The SMILES string of the molecule is CCCCc1nc2c(n1Cc1ccc(-c3ccccc3)c(-c3nnnn3C(c3ccccc3)(c3ccccc3)c3ccccc3)c1)C(C(=O)OC)N(C(=O)CC(=O)OCC)CC2. The summed E-state index contributed by atoms with van der Waals surface area (Å²) in [5.41, 5.74) is 6.86. The first-order valence-corrected chi connectivity index (χ1v) is 21.1. The molecule has 2 aromatic heterocycles. The average molecular weight is 828 g/mol. The van der Waals surface area contributed by atoms with E-state index in [1.807, 2.05) is 77.5 Å². The first-order valence-electron chi connectivity index (χ1n) is 21.1. The second kappa shape index (κ2) is 18.6. The summed E-state index contributed by atoms with van der Waals surface area (Å²) in [5, 5.41) is 14.1. The van der Waals surface area contributed by atoms with Gasteiger partial charge in [-0.1, -0.05) is 147 Å². The number of hydrogen-bond acceptors (Lipinski definition) is 9. The number of esters is 2. The van der Waals surface area contributed by atoms with Gasteiger partial charge in [-0.15, -0.1) is 5.10 Å². The van der Waals surface area contributed by atoms with Crippen molar-refractivity contribution in [3.63, 3.8) is 0 Å². The number of fused-ring (bicyclic) bond motifs is 1. The van der Waals surface area contributed by atoms with Gasteiger partial charge in [-0.25, -0.2) is 14.5 Å². The molecule has 1 aliphatic rings. The first-order chi connectivity index (χ1) is 30.4. The maximum atomic E-state index is 13.8. The molecule has 62 heavy (non-hydrogen) atoms. The molecule has 1 unspecified atom stereocenters. The number of unbranched alkanes of at least 4 members (excludes halogenated alkanes) is 1. The summed E-state index contributed by atoms with van der Waals surface area (Å²) in [7, 11) is 1.31. The topological polar surface area (TPSA) is 134 Å². The largest absolute Gasteiger partial charge is 0.467 e. The standard InChI is InChI=1S/C50H49N7O5/c1-4-6-27-43-51-42-30-31-55(44(58)33-45(59)62-5-2)47(49(60)61-3)46(42)56(43)34-35-28-29-40(36-19-11-7-12-20-36)41(32-35)48-52-53-54-57(48)50(37-21-13-8-14-22-37,38-23-15-9-16-24-38)39-25-17-10-18-26-39/h7-26,28-29,32,47H,4-6,27,30-31,33-34H2,1-3H3. The molecule has 0 bridgehead atoms. The molecule has 7 aromatic rings. The zero-order valence-electron chi connectivity index (χ0n) is 35.2. The number of tetrazole rings is 1. The second-order valence-electron chi connectivity index (χ2n) is 15.3. The molecule has 1 aliphatic heterocycles. The van der Waals surface area contributed by atoms with Gasteiger partial charge in [0.15, 0.2) is 11.9 Å². The summed E-state index contributed by atoms with van der Waals surface area (Å²) in [6, 6.07) is 46.2. The number of benzene rings is 5. The molecule has 0 radical (unpaired) electrons. The highest BCUT2D eigenvalue weighted by molar-refractivity contribution is 5.96. The van der Waals surface area contributed by atoms with E-state index in [0.717, 1.165) is 63.3 Å². The Morgan fingerprint density at radius 2 is 1.39 bits per heavy atom. The Morgan fingerprint density at radius 1 is 0.774 bits per heavy atom. The minimum absolute atomic E-state index is 0.146. The van der Waals surface area contributed by atoms with Crippen LogP contribution in [0.5, 0.6) is 0 Å². The van der Waals surface area contributed by atoms with Gasteiger partial charge in [-0.05, 0) is 63.2 Å². The summed E-state index contributed by atoms with van der Waals surface area (Å²) in [5.74, 6) is -0.407. The summed E-state index contributed by atoms with van der Waals surface area (Å²) < 4.78 is 14.4. The van der Waals surface area contributed by atoms with Crippen LogP contribution in [0.3, 0.4) is 0 Å². The van der Waals surface area contributed by atoms with E-state index in [9.17, 15) is 14.4 Å². The molecular weight excluding hydrogens is 779 g/mol. The number of carbonyl (C=O) groups is 3. The number of aromatic nitrogens is 6. The zero-order valence-corrected chi connectivity index (χ0v) is 35.2. The van der Waals surface area contributed by atoms with Crippen LogP contribution in [0.2, 0.25) is 0 Å². The highest BCUT2D eigenvalue weighted by atomic mass is 16.5. The van der Waals surface area contributed by atoms with Crippen molar-refractivity contribution >= 4 is 17.8 Å². The van der Waals surface area contributed by atoms with Crippen LogP contribution in [0.1, 0.15) is 78.6 Å². The number of methoxy groups -OCH3 is 1. The van der Waals surface area contributed by atoms with Gasteiger partial charge in [-0.3, -0.25) is 9.59 Å². The zero-order chi connectivity index (χ0) is 43.1. The lowest BCUT2D eigenvalue weighted by Crippen LogP contribution is -2.45. The van der Waals surface area contributed by atoms with Gasteiger partial charge in [0, 0.05) is 31.5 Å². The molecule has 3 heterocycles. The monoisotopic (exact) mass is 827 g/mol. The molecular formula is C50H49N7O5. The van der Waals surface area contributed by atoms with Gasteiger partial charge in [0.2, 0.25) is 5.91 Å². The Bertz CT molecular complexity index is 2550. The fourth-order valence-electron chi connectivity index (χ4n) is 8.73. The van der Waals surface area contributed by atoms with E-state index in [4.69, 9.17) is 24.8 Å². The van der Waals surface area contributed by atoms with Crippen LogP contribution >= 0.6 is 0 Å². The van der Waals surface area contributed by atoms with Crippen LogP contribution in [0.15, 0.2) is 140 Å². The molecule has 1 atom stereocenters. The van der Waals surface area contributed by atoms with E-state index >= 15 is 0 Å². The van der Waals surface area contributed by atoms with Crippen molar-refractivity contribution in [3.05, 3.63) is 179 Å². The van der Waals surface area contributed by atoms with Crippen molar-refractivity contribution in [2.75, 3.05) is 20.3 Å². The van der Waals surface area contributed by atoms with E-state index in [0.29, 0.717) is 30.9 Å². The average Bonchev–Trinajstić information content (AvgIpc) is 3.94. The van der Waals surface area contributed by atoms with Crippen molar-refractivity contribution in [2.24, 2.45) is 0 Å². The van der Waals surface area contributed by atoms with Crippen molar-refractivity contribution in [2.45, 2.75) is 64.1 Å². The molecule has 5 aromatic carbocycles. The highest BCUT2D eigenvalue weighted by Gasteiger charge is 2.43. The lowest BCUT2D eigenvalue weighted by molar-refractivity contribution is -0.157. The predicted octanol–water partition coefficient (Wildman–Crippen LogP) is 7.99. The van der Waals surface area contributed by atoms with Gasteiger partial charge in [0.25, 0.3) is 0 Å². The lowest BCUT2D eigenvalue weighted by atomic mass is 9.77. The quantitative estimate of drug-likeness (QED) is 0.0573. The van der Waals surface area contributed by atoms with Crippen molar-refractivity contribution in [1.29, 1.82) is 0 Å². The molecule has 12 nitrogen and oxygen atoms in total. The first kappa shape index (κ1) is 41.5. The molecule has 0 N–H and O–H groups in total. The van der Waals surface area contributed by atoms with E-state index in [1.165, 1.54) is 12.0 Å². The number of carbonyl (C=O) groups excluding carboxylic acids is 3. The van der Waals surface area contributed by atoms with Crippen LogP contribution in [0.25, 0.3) is 22.5 Å². The third-order valence-electron chi connectivity index (χ3n) is 11.5. The van der Waals surface area contributed by atoms with Gasteiger partial charge in [-0.2, -0.15) is 0 Å². The number of nitrogens with zero attached hydrogens (tertiary/aromatic N) is 7. The van der Waals surface area contributed by atoms with E-state index in [-0.39, 0.29) is 13.2 Å². The lowest BCUT2D eigenvalue weighted by Gasteiger charge is -2.36. The van der Waals surface area contributed by atoms with Gasteiger partial charge >= 0.3 is 11.9 Å². The van der Waals surface area contributed by atoms with Crippen LogP contribution in [-0.4, -0.2) is 72.8 Å². The number of amides is 1. The smallest absolute Gasteiger partial charge is 0.334 e. The third-order valence-corrected chi connectivity index (χ3v) is 11.5. The molecule has 0 aliphatic carbocycles. The van der Waals surface area contributed by atoms with Crippen LogP contribution in [-0.2, 0) is 48.8 Å². The van der Waals surface area contributed by atoms with Crippen LogP contribution in [0, 0.1) is 0 Å². The number of rotatable bonds is 15. The van der Waals surface area contributed by atoms with Crippen molar-refractivity contribution in [1.82, 2.24) is 34.7 Å². The molecule has 314 valence electrons. The summed E-state index contributed by atoms with van der Waals surface area (Å²) in [6.07, 6.45) is 2.40. The van der Waals surface area contributed by atoms with Crippen molar-refractivity contribution < 1.29 is 23.9 Å². The second-order valence-corrected chi connectivity index (χ2v) is 15.3. The van der Waals surface area contributed by atoms with Crippen LogP contribution in [0.4, 0.5) is 0 Å². The fourth-order valence-corrected chi connectivity index (χ4v) is 8.73. The van der Waals surface area contributed by atoms with E-state index in [2.05, 4.69) is 83.4 Å². The fraction of sp³-hybridized carbons (Fsp3) is 0.260. The summed E-state index contributed by atoms with van der Waals surface area (Å²) >= 11 is 0. The number of imidazole rings is 1. The molecule has 12 heteroatoms. The predicted molar refractivity (Wildman–Crippen MR) is 235 cm³/mol. The number of ether oxygens (including phenoxy) is 2. The minimum atomic E-state index is -1.10. The molecule has 8 rings (SSSR count). The van der Waals surface area contributed by atoms with Gasteiger partial charge in [0.1, 0.15) is 17.8 Å². The Balaban J connectivity index is 1.32. The Kier molecular flexibility index (Phi) is 12.5. The van der Waals surface area contributed by atoms with Gasteiger partial charge in [0.05, 0.1) is 25.1 Å². The molecule has 0 saturated carbocycles. The summed E-state index contributed by atoms with van der Waals surface area (Å²) in [4.78, 5) is 46.5. The third kappa shape index (κ3) is 7.91. The van der Waals surface area contributed by atoms with Gasteiger partial charge < -0.3 is 18.9 Å².